The average Bonchev–Trinajstić information content (AvgIpc) is 2.48. The molecule has 0 saturated heterocycles. The second-order valence-electron chi connectivity index (χ2n) is 3.47. The van der Waals surface area contributed by atoms with Crippen molar-refractivity contribution in [2.24, 2.45) is 0 Å². The number of benzene rings is 1. The molecule has 0 nitrogen and oxygen atoms in total. The Morgan fingerprint density at radius 2 is 1.50 bits per heavy atom. The molecular weight excluding hydrogens is 432 g/mol. The van der Waals surface area contributed by atoms with E-state index in [9.17, 15) is 0 Å². The molecule has 0 radical (unpaired) electrons. The quantitative estimate of drug-likeness (QED) is 0.281. The first-order chi connectivity index (χ1) is 5.70. The predicted molar refractivity (Wildman–Crippen MR) is 53.8 cm³/mol. The molecule has 0 atom stereocenters. The van der Waals surface area contributed by atoms with Crippen LogP contribution in [0.5, 0.6) is 0 Å². The SMILES string of the molecule is Cc1cc2[cH-]ccc2c(C)c1C.[Br-].[Br-].[Br-].[Ti+4]. The van der Waals surface area contributed by atoms with E-state index in [0.29, 0.717) is 0 Å². The Balaban J connectivity index is -0.000000422. The summed E-state index contributed by atoms with van der Waals surface area (Å²) in [6, 6.07) is 8.75. The van der Waals surface area contributed by atoms with Crippen molar-refractivity contribution in [3.8, 4) is 0 Å². The molecule has 0 saturated carbocycles. The van der Waals surface area contributed by atoms with Gasteiger partial charge in [-0.25, -0.2) is 0 Å². The molecule has 2 rings (SSSR count). The van der Waals surface area contributed by atoms with Gasteiger partial charge in [0.1, 0.15) is 0 Å². The maximum absolute atomic E-state index is 2.26. The van der Waals surface area contributed by atoms with E-state index in [4.69, 9.17) is 0 Å². The fourth-order valence-electron chi connectivity index (χ4n) is 1.74. The Morgan fingerprint density at radius 1 is 0.938 bits per heavy atom. The smallest absolute Gasteiger partial charge is 1.00 e. The van der Waals surface area contributed by atoms with Gasteiger partial charge in [0.2, 0.25) is 0 Å². The van der Waals surface area contributed by atoms with E-state index in [-0.39, 0.29) is 72.7 Å². The molecule has 0 aromatic heterocycles. The van der Waals surface area contributed by atoms with E-state index in [2.05, 4.69) is 45.0 Å². The number of halogens is 3. The summed E-state index contributed by atoms with van der Waals surface area (Å²) in [5.74, 6) is 0. The Morgan fingerprint density at radius 3 is 2.06 bits per heavy atom. The molecule has 86 valence electrons. The average molecular weight is 445 g/mol. The van der Waals surface area contributed by atoms with Gasteiger partial charge >= 0.3 is 21.7 Å². The molecule has 0 amide bonds. The third-order valence-electron chi connectivity index (χ3n) is 2.78. The zero-order valence-corrected chi connectivity index (χ0v) is 15.8. The molecule has 2 aromatic rings. The summed E-state index contributed by atoms with van der Waals surface area (Å²) < 4.78 is 0. The molecule has 0 heterocycles. The van der Waals surface area contributed by atoms with Crippen LogP contribution in [0.25, 0.3) is 10.8 Å². The second-order valence-corrected chi connectivity index (χ2v) is 3.47. The van der Waals surface area contributed by atoms with Crippen LogP contribution in [0.15, 0.2) is 24.3 Å². The van der Waals surface area contributed by atoms with Crippen LogP contribution in [0.4, 0.5) is 0 Å². The first kappa shape index (κ1) is 22.2. The van der Waals surface area contributed by atoms with Crippen molar-refractivity contribution in [1.82, 2.24) is 0 Å². The van der Waals surface area contributed by atoms with Gasteiger partial charge in [-0.3, -0.25) is 0 Å². The van der Waals surface area contributed by atoms with Crippen LogP contribution in [-0.4, -0.2) is 0 Å². The van der Waals surface area contributed by atoms with E-state index < -0.39 is 0 Å². The van der Waals surface area contributed by atoms with Crippen molar-refractivity contribution < 1.29 is 72.7 Å². The number of fused-ring (bicyclic) bond motifs is 1. The number of aryl methyl sites for hydroxylation is 2. The van der Waals surface area contributed by atoms with Crippen molar-refractivity contribution in [3.63, 3.8) is 0 Å². The first-order valence-electron chi connectivity index (χ1n) is 4.32. The van der Waals surface area contributed by atoms with Crippen LogP contribution in [-0.2, 0) is 21.7 Å². The van der Waals surface area contributed by atoms with E-state index in [1.807, 2.05) is 0 Å². The van der Waals surface area contributed by atoms with Crippen LogP contribution in [0, 0.1) is 20.8 Å². The molecule has 0 N–H and O–H groups in total. The third-order valence-corrected chi connectivity index (χ3v) is 2.78. The number of hydrogen-bond acceptors (Lipinski definition) is 0. The van der Waals surface area contributed by atoms with Gasteiger partial charge in [-0.05, 0) is 20.8 Å². The monoisotopic (exact) mass is 442 g/mol. The van der Waals surface area contributed by atoms with Crippen molar-refractivity contribution in [2.75, 3.05) is 0 Å². The zero-order valence-electron chi connectivity index (χ0n) is 9.44. The van der Waals surface area contributed by atoms with Gasteiger partial charge in [0.05, 0.1) is 0 Å². The fourth-order valence-corrected chi connectivity index (χ4v) is 1.74. The van der Waals surface area contributed by atoms with Gasteiger partial charge in [0, 0.05) is 0 Å². The van der Waals surface area contributed by atoms with Crippen LogP contribution in [0.1, 0.15) is 16.7 Å². The normalized spacial score (nSPS) is 8.19. The standard InChI is InChI=1S/C12H13.3BrH.Ti/c1-8-7-11-5-4-6-12(11)10(3)9(8)2;;;;/h4-7H,1-3H3;3*1H;/q-1;;;;+4/p-3. The van der Waals surface area contributed by atoms with Gasteiger partial charge in [-0.15, -0.1) is 22.9 Å². The molecule has 0 aliphatic carbocycles. The molecule has 0 bridgehead atoms. The summed E-state index contributed by atoms with van der Waals surface area (Å²) in [4.78, 5) is 0. The Kier molecular flexibility index (Phi) is 12.5. The minimum Gasteiger partial charge on any atom is -1.00 e. The molecule has 2 aromatic carbocycles. The van der Waals surface area contributed by atoms with Crippen LogP contribution < -0.4 is 50.9 Å². The first-order valence-corrected chi connectivity index (χ1v) is 4.32. The van der Waals surface area contributed by atoms with E-state index >= 15 is 0 Å². The van der Waals surface area contributed by atoms with Crippen molar-refractivity contribution >= 4 is 10.8 Å². The maximum atomic E-state index is 2.26. The molecule has 4 heteroatoms. The molecule has 0 aliphatic rings. The van der Waals surface area contributed by atoms with Gasteiger partial charge in [-0.2, -0.15) is 12.1 Å². The third kappa shape index (κ3) is 4.02. The Bertz CT molecular complexity index is 435. The summed E-state index contributed by atoms with van der Waals surface area (Å²) >= 11 is 0. The predicted octanol–water partition coefficient (Wildman–Crippen LogP) is -5.51. The van der Waals surface area contributed by atoms with Crippen LogP contribution in [0.3, 0.4) is 0 Å². The summed E-state index contributed by atoms with van der Waals surface area (Å²) in [5.41, 5.74) is 4.25. The topological polar surface area (TPSA) is 0 Å². The minimum absolute atomic E-state index is 0. The molecule has 0 aliphatic heterocycles. The Labute approximate surface area is 144 Å². The fraction of sp³-hybridized carbons (Fsp3) is 0.250. The van der Waals surface area contributed by atoms with Gasteiger partial charge in [0.15, 0.2) is 0 Å². The molecule has 16 heavy (non-hydrogen) atoms. The molecule has 0 fully saturated rings. The largest absolute Gasteiger partial charge is 4.00 e. The van der Waals surface area contributed by atoms with Crippen molar-refractivity contribution in [3.05, 3.63) is 41.0 Å². The summed E-state index contributed by atoms with van der Waals surface area (Å²) in [7, 11) is 0. The number of hydrogen-bond donors (Lipinski definition) is 0. The van der Waals surface area contributed by atoms with E-state index in [0.717, 1.165) is 0 Å². The maximum Gasteiger partial charge on any atom is 4.00 e. The summed E-state index contributed by atoms with van der Waals surface area (Å²) in [6.07, 6.45) is 0. The molecular formula is C12H13Br3Ti. The minimum atomic E-state index is 0. The second kappa shape index (κ2) is 8.99. The zero-order chi connectivity index (χ0) is 8.72. The van der Waals surface area contributed by atoms with Gasteiger partial charge in [-0.1, -0.05) is 16.7 Å². The summed E-state index contributed by atoms with van der Waals surface area (Å²) in [5, 5.41) is 2.77. The van der Waals surface area contributed by atoms with Crippen LogP contribution >= 0.6 is 0 Å². The van der Waals surface area contributed by atoms with E-state index in [1.54, 1.807) is 0 Å². The van der Waals surface area contributed by atoms with Gasteiger partial charge < -0.3 is 50.9 Å². The number of rotatable bonds is 0. The Hall–Kier alpha value is 0.984. The molecule has 0 spiro atoms. The van der Waals surface area contributed by atoms with Crippen LogP contribution in [0.2, 0.25) is 0 Å². The molecule has 0 unspecified atom stereocenters. The summed E-state index contributed by atoms with van der Waals surface area (Å²) in [6.45, 7) is 6.57. The van der Waals surface area contributed by atoms with Crippen molar-refractivity contribution in [2.45, 2.75) is 20.8 Å². The van der Waals surface area contributed by atoms with Gasteiger partial charge in [0.25, 0.3) is 0 Å². The van der Waals surface area contributed by atoms with Crippen molar-refractivity contribution in [1.29, 1.82) is 0 Å². The van der Waals surface area contributed by atoms with E-state index in [1.165, 1.54) is 27.5 Å².